The van der Waals surface area contributed by atoms with Crippen LogP contribution in [0, 0.1) is 0 Å². The molecule has 2 amide bonds. The molecule has 0 saturated carbocycles. The first-order chi connectivity index (χ1) is 7.59. The molecule has 1 heterocycles. The summed E-state index contributed by atoms with van der Waals surface area (Å²) >= 11 is 1.40. The van der Waals surface area contributed by atoms with Gasteiger partial charge in [0.2, 0.25) is 0 Å². The van der Waals surface area contributed by atoms with Crippen LogP contribution in [0.2, 0.25) is 0 Å². The minimum Gasteiger partial charge on any atom is -0.479 e. The van der Waals surface area contributed by atoms with Gasteiger partial charge in [0.05, 0.1) is 13.1 Å². The lowest BCUT2D eigenvalue weighted by Crippen LogP contribution is -2.41. The number of carbonyl (C=O) groups excluding carboxylic acids is 1. The summed E-state index contributed by atoms with van der Waals surface area (Å²) in [6, 6.07) is -0.546. The van der Waals surface area contributed by atoms with Gasteiger partial charge in [0, 0.05) is 11.6 Å². The van der Waals surface area contributed by atoms with Crippen molar-refractivity contribution in [2.45, 2.75) is 12.6 Å². The SMILES string of the molecule is O=C(NCc1nccs1)NC[C@H](O)C(=O)O. The average Bonchev–Trinajstić information content (AvgIpc) is 2.75. The minimum atomic E-state index is -1.59. The lowest BCUT2D eigenvalue weighted by Gasteiger charge is -2.08. The van der Waals surface area contributed by atoms with E-state index in [-0.39, 0.29) is 13.1 Å². The van der Waals surface area contributed by atoms with E-state index >= 15 is 0 Å². The number of carboxylic acids is 1. The summed E-state index contributed by atoms with van der Waals surface area (Å²) in [6.07, 6.45) is 0.0268. The molecule has 1 aromatic rings. The highest BCUT2D eigenvalue weighted by atomic mass is 32.1. The Kier molecular flexibility index (Phi) is 4.67. The fraction of sp³-hybridized carbons (Fsp3) is 0.375. The van der Waals surface area contributed by atoms with E-state index in [4.69, 9.17) is 10.2 Å². The van der Waals surface area contributed by atoms with Gasteiger partial charge in [-0.15, -0.1) is 11.3 Å². The molecular formula is C8H11N3O4S. The van der Waals surface area contributed by atoms with E-state index < -0.39 is 18.1 Å². The molecule has 0 aliphatic rings. The van der Waals surface area contributed by atoms with E-state index in [1.807, 2.05) is 0 Å². The Balaban J connectivity index is 2.19. The zero-order chi connectivity index (χ0) is 12.0. The largest absolute Gasteiger partial charge is 0.479 e. The lowest BCUT2D eigenvalue weighted by atomic mass is 10.4. The normalized spacial score (nSPS) is 11.8. The lowest BCUT2D eigenvalue weighted by molar-refractivity contribution is -0.146. The third-order valence-corrected chi connectivity index (χ3v) is 2.40. The van der Waals surface area contributed by atoms with Crippen LogP contribution in [0.15, 0.2) is 11.6 Å². The van der Waals surface area contributed by atoms with Gasteiger partial charge in [0.1, 0.15) is 5.01 Å². The van der Waals surface area contributed by atoms with E-state index in [0.717, 1.165) is 5.01 Å². The van der Waals surface area contributed by atoms with Crippen molar-refractivity contribution in [2.75, 3.05) is 6.54 Å². The molecule has 0 radical (unpaired) electrons. The number of nitrogens with one attached hydrogen (secondary N) is 2. The van der Waals surface area contributed by atoms with Gasteiger partial charge >= 0.3 is 12.0 Å². The zero-order valence-corrected chi connectivity index (χ0v) is 9.03. The van der Waals surface area contributed by atoms with Gasteiger partial charge in [0.15, 0.2) is 6.10 Å². The monoisotopic (exact) mass is 245 g/mol. The first kappa shape index (κ1) is 12.4. The van der Waals surface area contributed by atoms with Gasteiger partial charge in [-0.25, -0.2) is 14.6 Å². The summed E-state index contributed by atoms with van der Waals surface area (Å²) in [5.74, 6) is -1.37. The van der Waals surface area contributed by atoms with Crippen LogP contribution in [0.5, 0.6) is 0 Å². The number of aliphatic hydroxyl groups excluding tert-OH is 1. The number of rotatable bonds is 5. The number of amides is 2. The minimum absolute atomic E-state index is 0.271. The Morgan fingerprint density at radius 3 is 2.81 bits per heavy atom. The molecule has 4 N–H and O–H groups in total. The van der Waals surface area contributed by atoms with Crippen molar-refractivity contribution < 1.29 is 19.8 Å². The van der Waals surface area contributed by atoms with Crippen molar-refractivity contribution in [2.24, 2.45) is 0 Å². The van der Waals surface area contributed by atoms with Crippen molar-refractivity contribution in [3.63, 3.8) is 0 Å². The van der Waals surface area contributed by atoms with Crippen LogP contribution in [0.3, 0.4) is 0 Å². The van der Waals surface area contributed by atoms with Crippen LogP contribution < -0.4 is 10.6 Å². The molecule has 7 nitrogen and oxygen atoms in total. The van der Waals surface area contributed by atoms with Gasteiger partial charge in [-0.3, -0.25) is 0 Å². The fourth-order valence-corrected chi connectivity index (χ4v) is 1.39. The molecule has 8 heteroatoms. The molecule has 0 aromatic carbocycles. The summed E-state index contributed by atoms with van der Waals surface area (Å²) in [6.45, 7) is -0.0638. The van der Waals surface area contributed by atoms with Gasteiger partial charge in [-0.05, 0) is 0 Å². The molecule has 1 rings (SSSR count). The number of carboxylic acid groups (broad SMARTS) is 1. The summed E-state index contributed by atoms with van der Waals surface area (Å²) < 4.78 is 0. The molecule has 0 saturated heterocycles. The third-order valence-electron chi connectivity index (χ3n) is 1.62. The number of aliphatic carboxylic acids is 1. The van der Waals surface area contributed by atoms with E-state index in [1.165, 1.54) is 11.3 Å². The molecule has 0 unspecified atom stereocenters. The Labute approximate surface area is 95.1 Å². The Morgan fingerprint density at radius 1 is 1.50 bits per heavy atom. The number of hydrogen-bond acceptors (Lipinski definition) is 5. The maximum Gasteiger partial charge on any atom is 0.334 e. The Bertz CT molecular complexity index is 354. The maximum atomic E-state index is 11.1. The van der Waals surface area contributed by atoms with Crippen molar-refractivity contribution in [3.8, 4) is 0 Å². The summed E-state index contributed by atoms with van der Waals surface area (Å²) in [5.41, 5.74) is 0. The first-order valence-electron chi connectivity index (χ1n) is 4.40. The molecule has 88 valence electrons. The van der Waals surface area contributed by atoms with E-state index in [2.05, 4.69) is 15.6 Å². The average molecular weight is 245 g/mol. The van der Waals surface area contributed by atoms with Crippen LogP contribution in [-0.2, 0) is 11.3 Å². The third kappa shape index (κ3) is 4.24. The molecule has 1 aromatic heterocycles. The van der Waals surface area contributed by atoms with Crippen molar-refractivity contribution in [3.05, 3.63) is 16.6 Å². The van der Waals surface area contributed by atoms with Crippen LogP contribution >= 0.6 is 11.3 Å². The number of aromatic nitrogens is 1. The fourth-order valence-electron chi connectivity index (χ4n) is 0.835. The Morgan fingerprint density at radius 2 is 2.25 bits per heavy atom. The number of urea groups is 1. The van der Waals surface area contributed by atoms with Crippen LogP contribution in [0.4, 0.5) is 4.79 Å². The maximum absolute atomic E-state index is 11.1. The highest BCUT2D eigenvalue weighted by molar-refractivity contribution is 7.09. The predicted octanol–water partition coefficient (Wildman–Crippen LogP) is -0.612. The number of hydrogen-bond donors (Lipinski definition) is 4. The van der Waals surface area contributed by atoms with Crippen molar-refractivity contribution in [1.29, 1.82) is 0 Å². The summed E-state index contributed by atoms with van der Waals surface area (Å²) in [4.78, 5) is 25.3. The quantitative estimate of drug-likeness (QED) is 0.553. The van der Waals surface area contributed by atoms with Crippen LogP contribution in [0.25, 0.3) is 0 Å². The van der Waals surface area contributed by atoms with Crippen molar-refractivity contribution in [1.82, 2.24) is 15.6 Å². The van der Waals surface area contributed by atoms with E-state index in [0.29, 0.717) is 0 Å². The van der Waals surface area contributed by atoms with Gasteiger partial charge < -0.3 is 20.8 Å². The number of aliphatic hydroxyl groups is 1. The second-order valence-corrected chi connectivity index (χ2v) is 3.82. The summed E-state index contributed by atoms with van der Waals surface area (Å²) in [5, 5.41) is 24.4. The van der Waals surface area contributed by atoms with Gasteiger partial charge in [0.25, 0.3) is 0 Å². The molecule has 16 heavy (non-hydrogen) atoms. The zero-order valence-electron chi connectivity index (χ0n) is 8.21. The van der Waals surface area contributed by atoms with Gasteiger partial charge in [-0.1, -0.05) is 0 Å². The van der Waals surface area contributed by atoms with Crippen molar-refractivity contribution >= 4 is 23.3 Å². The second-order valence-electron chi connectivity index (χ2n) is 2.84. The number of nitrogens with zero attached hydrogens (tertiary/aromatic N) is 1. The topological polar surface area (TPSA) is 112 Å². The molecular weight excluding hydrogens is 234 g/mol. The van der Waals surface area contributed by atoms with E-state index in [9.17, 15) is 9.59 Å². The molecule has 0 aliphatic carbocycles. The smallest absolute Gasteiger partial charge is 0.334 e. The number of carbonyl (C=O) groups is 2. The predicted molar refractivity (Wildman–Crippen MR) is 56.0 cm³/mol. The molecule has 0 bridgehead atoms. The number of thiazole rings is 1. The first-order valence-corrected chi connectivity index (χ1v) is 5.28. The molecule has 0 aliphatic heterocycles. The van der Waals surface area contributed by atoms with Crippen LogP contribution in [0.1, 0.15) is 5.01 Å². The Hall–Kier alpha value is -1.67. The molecule has 0 fully saturated rings. The van der Waals surface area contributed by atoms with E-state index in [1.54, 1.807) is 11.6 Å². The van der Waals surface area contributed by atoms with Gasteiger partial charge in [-0.2, -0.15) is 0 Å². The highest BCUT2D eigenvalue weighted by Gasteiger charge is 2.13. The molecule has 1 atom stereocenters. The highest BCUT2D eigenvalue weighted by Crippen LogP contribution is 2.02. The molecule has 0 spiro atoms. The second kappa shape index (κ2) is 6.03. The van der Waals surface area contributed by atoms with Crippen LogP contribution in [-0.4, -0.2) is 39.8 Å². The summed E-state index contributed by atoms with van der Waals surface area (Å²) in [7, 11) is 0. The standard InChI is InChI=1S/C8H11N3O4S/c12-5(7(13)14)3-10-8(15)11-4-6-9-1-2-16-6/h1-2,5,12H,3-4H2,(H,13,14)(H2,10,11,15)/t5-/m0/s1.